The highest BCUT2D eigenvalue weighted by Gasteiger charge is 2.00. The van der Waals surface area contributed by atoms with Crippen LogP contribution < -0.4 is 5.32 Å². The van der Waals surface area contributed by atoms with Crippen molar-refractivity contribution in [3.05, 3.63) is 33.8 Å². The molecule has 1 aromatic rings. The highest BCUT2D eigenvalue weighted by Crippen LogP contribution is 2.20. The lowest BCUT2D eigenvalue weighted by atomic mass is 10.2. The standard InChI is InChI=1S/C13H19Cl2NO/c1-2-7-17-8-3-6-16-10-11-9-12(14)4-5-13(11)15/h4-5,9,16H,2-3,6-8,10H2,1H3. The normalized spacial score (nSPS) is 10.8. The van der Waals surface area contributed by atoms with Gasteiger partial charge in [0.15, 0.2) is 0 Å². The van der Waals surface area contributed by atoms with E-state index in [9.17, 15) is 0 Å². The summed E-state index contributed by atoms with van der Waals surface area (Å²) in [6.45, 7) is 5.43. The zero-order valence-corrected chi connectivity index (χ0v) is 11.7. The van der Waals surface area contributed by atoms with Gasteiger partial charge in [0.1, 0.15) is 0 Å². The molecule has 17 heavy (non-hydrogen) atoms. The lowest BCUT2D eigenvalue weighted by Crippen LogP contribution is -2.16. The van der Waals surface area contributed by atoms with Crippen LogP contribution in [0.5, 0.6) is 0 Å². The molecule has 1 N–H and O–H groups in total. The van der Waals surface area contributed by atoms with Crippen LogP contribution in [0.3, 0.4) is 0 Å². The van der Waals surface area contributed by atoms with Gasteiger partial charge in [-0.2, -0.15) is 0 Å². The highest BCUT2D eigenvalue weighted by atomic mass is 35.5. The topological polar surface area (TPSA) is 21.3 Å². The van der Waals surface area contributed by atoms with Crippen molar-refractivity contribution in [2.24, 2.45) is 0 Å². The van der Waals surface area contributed by atoms with E-state index in [4.69, 9.17) is 27.9 Å². The fourth-order valence-electron chi connectivity index (χ4n) is 1.45. The van der Waals surface area contributed by atoms with Gasteiger partial charge in [0.25, 0.3) is 0 Å². The molecular weight excluding hydrogens is 257 g/mol. The summed E-state index contributed by atoms with van der Waals surface area (Å²) in [7, 11) is 0. The van der Waals surface area contributed by atoms with Crippen LogP contribution in [-0.4, -0.2) is 19.8 Å². The Morgan fingerprint density at radius 1 is 1.24 bits per heavy atom. The molecule has 0 fully saturated rings. The van der Waals surface area contributed by atoms with Crippen molar-refractivity contribution in [1.29, 1.82) is 0 Å². The van der Waals surface area contributed by atoms with Crippen molar-refractivity contribution in [2.45, 2.75) is 26.3 Å². The van der Waals surface area contributed by atoms with Crippen molar-refractivity contribution >= 4 is 23.2 Å². The van der Waals surface area contributed by atoms with Crippen LogP contribution >= 0.6 is 23.2 Å². The van der Waals surface area contributed by atoms with Gasteiger partial charge in [-0.25, -0.2) is 0 Å². The van der Waals surface area contributed by atoms with Crippen LogP contribution in [0.15, 0.2) is 18.2 Å². The van der Waals surface area contributed by atoms with Crippen molar-refractivity contribution in [1.82, 2.24) is 5.32 Å². The summed E-state index contributed by atoms with van der Waals surface area (Å²) < 4.78 is 5.39. The summed E-state index contributed by atoms with van der Waals surface area (Å²) in [5.41, 5.74) is 1.04. The summed E-state index contributed by atoms with van der Waals surface area (Å²) in [5, 5.41) is 4.80. The van der Waals surface area contributed by atoms with Gasteiger partial charge in [-0.3, -0.25) is 0 Å². The second-order valence-corrected chi connectivity index (χ2v) is 4.72. The molecule has 0 atom stereocenters. The molecule has 96 valence electrons. The monoisotopic (exact) mass is 275 g/mol. The van der Waals surface area contributed by atoms with Crippen molar-refractivity contribution in [2.75, 3.05) is 19.8 Å². The number of halogens is 2. The number of ether oxygens (including phenoxy) is 1. The SMILES string of the molecule is CCCOCCCNCc1cc(Cl)ccc1Cl. The molecule has 0 aliphatic rings. The summed E-state index contributed by atoms with van der Waals surface area (Å²) in [6, 6.07) is 5.52. The second kappa shape index (κ2) is 8.76. The molecule has 0 spiro atoms. The molecule has 4 heteroatoms. The average molecular weight is 276 g/mol. The van der Waals surface area contributed by atoms with E-state index in [0.29, 0.717) is 0 Å². The number of hydrogen-bond acceptors (Lipinski definition) is 2. The van der Waals surface area contributed by atoms with Gasteiger partial charge in [-0.05, 0) is 43.1 Å². The highest BCUT2D eigenvalue weighted by molar-refractivity contribution is 6.33. The molecular formula is C13H19Cl2NO. The van der Waals surface area contributed by atoms with Gasteiger partial charge >= 0.3 is 0 Å². The van der Waals surface area contributed by atoms with Crippen LogP contribution in [-0.2, 0) is 11.3 Å². The molecule has 0 heterocycles. The van der Waals surface area contributed by atoms with Crippen molar-refractivity contribution < 1.29 is 4.74 Å². The van der Waals surface area contributed by atoms with Gasteiger partial charge < -0.3 is 10.1 Å². The van der Waals surface area contributed by atoms with Crippen molar-refractivity contribution in [3.63, 3.8) is 0 Å². The first-order chi connectivity index (χ1) is 8.24. The first kappa shape index (κ1) is 14.8. The summed E-state index contributed by atoms with van der Waals surface area (Å²) in [5.74, 6) is 0. The molecule has 0 saturated carbocycles. The molecule has 0 unspecified atom stereocenters. The van der Waals surface area contributed by atoms with E-state index in [1.165, 1.54) is 0 Å². The van der Waals surface area contributed by atoms with E-state index in [0.717, 1.165) is 54.8 Å². The summed E-state index contributed by atoms with van der Waals surface area (Å²) >= 11 is 12.0. The molecule has 1 aromatic carbocycles. The predicted octanol–water partition coefficient (Wildman–Crippen LogP) is 3.90. The predicted molar refractivity (Wildman–Crippen MR) is 73.9 cm³/mol. The first-order valence-electron chi connectivity index (χ1n) is 5.96. The Labute approximate surface area is 113 Å². The molecule has 0 radical (unpaired) electrons. The molecule has 2 nitrogen and oxygen atoms in total. The van der Waals surface area contributed by atoms with Gasteiger partial charge in [-0.15, -0.1) is 0 Å². The Morgan fingerprint density at radius 3 is 2.82 bits per heavy atom. The molecule has 0 saturated heterocycles. The fraction of sp³-hybridized carbons (Fsp3) is 0.538. The molecule has 0 bridgehead atoms. The van der Waals surface area contributed by atoms with Crippen LogP contribution in [0.1, 0.15) is 25.3 Å². The molecule has 1 rings (SSSR count). The maximum Gasteiger partial charge on any atom is 0.0478 e. The smallest absolute Gasteiger partial charge is 0.0478 e. The third-order valence-corrected chi connectivity index (χ3v) is 2.92. The average Bonchev–Trinajstić information content (AvgIpc) is 2.32. The molecule has 0 aliphatic heterocycles. The first-order valence-corrected chi connectivity index (χ1v) is 6.72. The Balaban J connectivity index is 2.15. The minimum atomic E-state index is 0.720. The number of hydrogen-bond donors (Lipinski definition) is 1. The van der Waals surface area contributed by atoms with Gasteiger partial charge in [0, 0.05) is 29.8 Å². The maximum absolute atomic E-state index is 6.05. The quantitative estimate of drug-likeness (QED) is 0.727. The van der Waals surface area contributed by atoms with Gasteiger partial charge in [-0.1, -0.05) is 30.1 Å². The van der Waals surface area contributed by atoms with Crippen LogP contribution in [0, 0.1) is 0 Å². The lowest BCUT2D eigenvalue weighted by molar-refractivity contribution is 0.132. The largest absolute Gasteiger partial charge is 0.381 e. The molecule has 0 amide bonds. The van der Waals surface area contributed by atoms with E-state index < -0.39 is 0 Å². The lowest BCUT2D eigenvalue weighted by Gasteiger charge is -2.07. The minimum absolute atomic E-state index is 0.720. The van der Waals surface area contributed by atoms with E-state index in [-0.39, 0.29) is 0 Å². The minimum Gasteiger partial charge on any atom is -0.381 e. The summed E-state index contributed by atoms with van der Waals surface area (Å²) in [6.07, 6.45) is 2.09. The Hall–Kier alpha value is -0.280. The van der Waals surface area contributed by atoms with E-state index >= 15 is 0 Å². The molecule has 0 aliphatic carbocycles. The van der Waals surface area contributed by atoms with Gasteiger partial charge in [0.05, 0.1) is 0 Å². The third kappa shape index (κ3) is 6.27. The van der Waals surface area contributed by atoms with E-state index in [2.05, 4.69) is 12.2 Å². The number of benzene rings is 1. The van der Waals surface area contributed by atoms with Crippen LogP contribution in [0.2, 0.25) is 10.0 Å². The second-order valence-electron chi connectivity index (χ2n) is 3.88. The Bertz CT molecular complexity index is 331. The van der Waals surface area contributed by atoms with Crippen LogP contribution in [0.25, 0.3) is 0 Å². The summed E-state index contributed by atoms with van der Waals surface area (Å²) in [4.78, 5) is 0. The third-order valence-electron chi connectivity index (χ3n) is 2.31. The Morgan fingerprint density at radius 2 is 2.06 bits per heavy atom. The fourth-order valence-corrected chi connectivity index (χ4v) is 1.83. The zero-order chi connectivity index (χ0) is 12.5. The van der Waals surface area contributed by atoms with Crippen molar-refractivity contribution in [3.8, 4) is 0 Å². The van der Waals surface area contributed by atoms with E-state index in [1.807, 2.05) is 12.1 Å². The van der Waals surface area contributed by atoms with Gasteiger partial charge in [0.2, 0.25) is 0 Å². The Kier molecular flexibility index (Phi) is 7.62. The number of nitrogens with one attached hydrogen (secondary N) is 1. The maximum atomic E-state index is 6.05. The van der Waals surface area contributed by atoms with Crippen LogP contribution in [0.4, 0.5) is 0 Å². The van der Waals surface area contributed by atoms with E-state index in [1.54, 1.807) is 6.07 Å². The zero-order valence-electron chi connectivity index (χ0n) is 10.1. The molecule has 0 aromatic heterocycles. The number of rotatable bonds is 8.